The molecule has 0 bridgehead atoms. The highest BCUT2D eigenvalue weighted by Crippen LogP contribution is 2.37. The van der Waals surface area contributed by atoms with Crippen molar-refractivity contribution in [3.05, 3.63) is 34.9 Å². The fourth-order valence-corrected chi connectivity index (χ4v) is 2.95. The van der Waals surface area contributed by atoms with E-state index in [-0.39, 0.29) is 18.8 Å². The molecule has 0 saturated carbocycles. The second kappa shape index (κ2) is 6.90. The van der Waals surface area contributed by atoms with Gasteiger partial charge in [0.2, 0.25) is 0 Å². The summed E-state index contributed by atoms with van der Waals surface area (Å²) in [6.07, 6.45) is 2.80. The Balaban J connectivity index is 2.14. The molecule has 0 unspecified atom stereocenters. The Morgan fingerprint density at radius 1 is 1.15 bits per heavy atom. The molecule has 0 aliphatic carbocycles. The average Bonchev–Trinajstić information content (AvgIpc) is 2.81. The second-order valence-electron chi connectivity index (χ2n) is 5.24. The van der Waals surface area contributed by atoms with Crippen LogP contribution in [-0.2, 0) is 15.9 Å². The standard InChI is InChI=1S/C16H23ClO3/c1-3-16(4-2)19-14(9-10-18)15(20-16)11-12-7-5-6-8-13(12)17/h5-8,14-15,18H,3-4,9-11H2,1-2H3/t14-,15-/m1/s1. The van der Waals surface area contributed by atoms with Crippen molar-refractivity contribution >= 4 is 11.6 Å². The summed E-state index contributed by atoms with van der Waals surface area (Å²) in [5.74, 6) is -0.508. The molecule has 1 fully saturated rings. The van der Waals surface area contributed by atoms with Crippen LogP contribution in [0.25, 0.3) is 0 Å². The zero-order valence-electron chi connectivity index (χ0n) is 12.1. The summed E-state index contributed by atoms with van der Waals surface area (Å²) in [5.41, 5.74) is 1.06. The topological polar surface area (TPSA) is 38.7 Å². The van der Waals surface area contributed by atoms with E-state index >= 15 is 0 Å². The first-order valence-corrected chi connectivity index (χ1v) is 7.71. The van der Waals surface area contributed by atoms with Crippen LogP contribution in [0.1, 0.15) is 38.7 Å². The van der Waals surface area contributed by atoms with E-state index in [1.54, 1.807) is 0 Å². The highest BCUT2D eigenvalue weighted by molar-refractivity contribution is 6.31. The zero-order chi connectivity index (χ0) is 14.6. The predicted octanol–water partition coefficient (Wildman–Crippen LogP) is 3.57. The first-order valence-electron chi connectivity index (χ1n) is 7.34. The molecule has 1 heterocycles. The molecule has 0 aromatic heterocycles. The van der Waals surface area contributed by atoms with Crippen molar-refractivity contribution < 1.29 is 14.6 Å². The van der Waals surface area contributed by atoms with E-state index in [0.29, 0.717) is 12.8 Å². The van der Waals surface area contributed by atoms with E-state index in [4.69, 9.17) is 21.1 Å². The number of aliphatic hydroxyl groups is 1. The summed E-state index contributed by atoms with van der Waals surface area (Å²) in [6, 6.07) is 7.80. The summed E-state index contributed by atoms with van der Waals surface area (Å²) in [6.45, 7) is 4.24. The Labute approximate surface area is 125 Å². The Morgan fingerprint density at radius 3 is 2.40 bits per heavy atom. The molecule has 1 aliphatic heterocycles. The van der Waals surface area contributed by atoms with Gasteiger partial charge in [-0.2, -0.15) is 0 Å². The van der Waals surface area contributed by atoms with Crippen molar-refractivity contribution in [3.8, 4) is 0 Å². The van der Waals surface area contributed by atoms with Crippen molar-refractivity contribution in [2.75, 3.05) is 6.61 Å². The third-order valence-electron chi connectivity index (χ3n) is 4.02. The molecule has 4 heteroatoms. The molecule has 1 aromatic rings. The SMILES string of the molecule is CCC1(CC)O[C@H](CCO)[C@@H](Cc2ccccc2Cl)O1. The van der Waals surface area contributed by atoms with E-state index in [1.165, 1.54) is 0 Å². The van der Waals surface area contributed by atoms with Crippen molar-refractivity contribution in [3.63, 3.8) is 0 Å². The van der Waals surface area contributed by atoms with Gasteiger partial charge in [0, 0.05) is 18.1 Å². The van der Waals surface area contributed by atoms with Crippen LogP contribution in [0.5, 0.6) is 0 Å². The lowest BCUT2D eigenvalue weighted by atomic mass is 10.0. The minimum absolute atomic E-state index is 0.0538. The summed E-state index contributed by atoms with van der Waals surface area (Å²) in [4.78, 5) is 0. The molecule has 0 spiro atoms. The quantitative estimate of drug-likeness (QED) is 0.872. The lowest BCUT2D eigenvalue weighted by molar-refractivity contribution is -0.179. The largest absolute Gasteiger partial charge is 0.396 e. The first kappa shape index (κ1) is 15.8. The average molecular weight is 299 g/mol. The number of ether oxygens (including phenoxy) is 2. The van der Waals surface area contributed by atoms with Crippen LogP contribution in [0, 0.1) is 0 Å². The molecule has 0 radical (unpaired) electrons. The number of halogens is 1. The van der Waals surface area contributed by atoms with Crippen LogP contribution >= 0.6 is 11.6 Å². The monoisotopic (exact) mass is 298 g/mol. The highest BCUT2D eigenvalue weighted by atomic mass is 35.5. The van der Waals surface area contributed by atoms with Gasteiger partial charge < -0.3 is 14.6 Å². The summed E-state index contributed by atoms with van der Waals surface area (Å²) >= 11 is 6.22. The molecule has 2 rings (SSSR count). The number of hydrogen-bond acceptors (Lipinski definition) is 3. The second-order valence-corrected chi connectivity index (χ2v) is 5.65. The third kappa shape index (κ3) is 3.34. The third-order valence-corrected chi connectivity index (χ3v) is 4.39. The molecule has 2 atom stereocenters. The van der Waals surface area contributed by atoms with Gasteiger partial charge in [-0.15, -0.1) is 0 Å². The molecule has 1 aliphatic rings. The van der Waals surface area contributed by atoms with Crippen LogP contribution < -0.4 is 0 Å². The highest BCUT2D eigenvalue weighted by Gasteiger charge is 2.44. The number of rotatable bonds is 6. The maximum atomic E-state index is 9.22. The Bertz CT molecular complexity index is 431. The molecule has 1 N–H and O–H groups in total. The minimum Gasteiger partial charge on any atom is -0.396 e. The van der Waals surface area contributed by atoms with Gasteiger partial charge >= 0.3 is 0 Å². The van der Waals surface area contributed by atoms with Gasteiger partial charge in [0.05, 0.1) is 12.2 Å². The maximum absolute atomic E-state index is 9.22. The van der Waals surface area contributed by atoms with Gasteiger partial charge in [-0.05, 0) is 30.9 Å². The molecule has 20 heavy (non-hydrogen) atoms. The molecular formula is C16H23ClO3. The Kier molecular flexibility index (Phi) is 5.44. The fraction of sp³-hybridized carbons (Fsp3) is 0.625. The molecule has 1 saturated heterocycles. The number of hydrogen-bond donors (Lipinski definition) is 1. The smallest absolute Gasteiger partial charge is 0.168 e. The lowest BCUT2D eigenvalue weighted by Gasteiger charge is -2.25. The summed E-state index contributed by atoms with van der Waals surface area (Å²) < 4.78 is 12.3. The molecule has 1 aromatic carbocycles. The molecule has 112 valence electrons. The summed E-state index contributed by atoms with van der Waals surface area (Å²) in [7, 11) is 0. The normalized spacial score (nSPS) is 25.0. The van der Waals surface area contributed by atoms with Crippen LogP contribution in [0.4, 0.5) is 0 Å². The van der Waals surface area contributed by atoms with Gasteiger partial charge in [-0.1, -0.05) is 43.6 Å². The van der Waals surface area contributed by atoms with Gasteiger partial charge in [-0.3, -0.25) is 0 Å². The molecular weight excluding hydrogens is 276 g/mol. The summed E-state index contributed by atoms with van der Waals surface area (Å²) in [5, 5.41) is 9.97. The zero-order valence-corrected chi connectivity index (χ0v) is 12.9. The van der Waals surface area contributed by atoms with Gasteiger partial charge in [0.1, 0.15) is 0 Å². The lowest BCUT2D eigenvalue weighted by Crippen LogP contribution is -2.29. The Morgan fingerprint density at radius 2 is 1.80 bits per heavy atom. The van der Waals surface area contributed by atoms with Crippen LogP contribution in [0.2, 0.25) is 5.02 Å². The van der Waals surface area contributed by atoms with Crippen LogP contribution in [0.15, 0.2) is 24.3 Å². The van der Waals surface area contributed by atoms with Crippen LogP contribution in [-0.4, -0.2) is 29.7 Å². The Hall–Kier alpha value is -0.610. The van der Waals surface area contributed by atoms with E-state index in [9.17, 15) is 5.11 Å². The van der Waals surface area contributed by atoms with Gasteiger partial charge in [0.25, 0.3) is 0 Å². The number of aliphatic hydroxyl groups excluding tert-OH is 1. The molecule has 3 nitrogen and oxygen atoms in total. The minimum atomic E-state index is -0.508. The van der Waals surface area contributed by atoms with E-state index in [1.807, 2.05) is 24.3 Å². The van der Waals surface area contributed by atoms with E-state index < -0.39 is 5.79 Å². The first-order chi connectivity index (χ1) is 9.64. The van der Waals surface area contributed by atoms with Crippen molar-refractivity contribution in [1.29, 1.82) is 0 Å². The predicted molar refractivity (Wildman–Crippen MR) is 79.9 cm³/mol. The van der Waals surface area contributed by atoms with Crippen LogP contribution in [0.3, 0.4) is 0 Å². The maximum Gasteiger partial charge on any atom is 0.168 e. The van der Waals surface area contributed by atoms with Gasteiger partial charge in [-0.25, -0.2) is 0 Å². The fourth-order valence-electron chi connectivity index (χ4n) is 2.74. The van der Waals surface area contributed by atoms with E-state index in [2.05, 4.69) is 13.8 Å². The van der Waals surface area contributed by atoms with Gasteiger partial charge in [0.15, 0.2) is 5.79 Å². The van der Waals surface area contributed by atoms with Crippen molar-refractivity contribution in [2.24, 2.45) is 0 Å². The van der Waals surface area contributed by atoms with E-state index in [0.717, 1.165) is 23.4 Å². The molecule has 0 amide bonds. The number of benzene rings is 1. The van der Waals surface area contributed by atoms with Crippen molar-refractivity contribution in [1.82, 2.24) is 0 Å². The van der Waals surface area contributed by atoms with Crippen molar-refractivity contribution in [2.45, 2.75) is 57.5 Å².